The lowest BCUT2D eigenvalue weighted by molar-refractivity contribution is -0.123. The van der Waals surface area contributed by atoms with Crippen LogP contribution in [0.4, 0.5) is 4.79 Å². The predicted octanol–water partition coefficient (Wildman–Crippen LogP) is 6.11. The van der Waals surface area contributed by atoms with Crippen LogP contribution in [0.2, 0.25) is 5.02 Å². The smallest absolute Gasteiger partial charge is 0.343 e. The molecular formula is C26H20ClNO5S. The third-order valence-electron chi connectivity index (χ3n) is 5.16. The van der Waals surface area contributed by atoms with Gasteiger partial charge < -0.3 is 9.47 Å². The van der Waals surface area contributed by atoms with E-state index in [0.717, 1.165) is 22.2 Å². The summed E-state index contributed by atoms with van der Waals surface area (Å²) in [5.41, 5.74) is 2.49. The van der Waals surface area contributed by atoms with E-state index in [1.807, 2.05) is 19.1 Å². The van der Waals surface area contributed by atoms with Crippen molar-refractivity contribution in [2.75, 3.05) is 7.11 Å². The first-order chi connectivity index (χ1) is 16.4. The Hall–Kier alpha value is -3.55. The SMILES string of the molecule is COc1cccc(/C=C2\SC(=O)N(Cc3ccccc3Cl)C2=O)c1OC(=O)c1ccc(C)cc1. The predicted molar refractivity (Wildman–Crippen MR) is 132 cm³/mol. The number of hydrogen-bond donors (Lipinski definition) is 0. The second-order valence-corrected chi connectivity index (χ2v) is 8.89. The molecule has 0 spiro atoms. The van der Waals surface area contributed by atoms with E-state index in [0.29, 0.717) is 27.5 Å². The van der Waals surface area contributed by atoms with Gasteiger partial charge in [-0.3, -0.25) is 14.5 Å². The van der Waals surface area contributed by atoms with Gasteiger partial charge in [0.05, 0.1) is 24.1 Å². The number of methoxy groups -OCH3 is 1. The fraction of sp³-hybridized carbons (Fsp3) is 0.115. The zero-order valence-corrected chi connectivity index (χ0v) is 20.0. The van der Waals surface area contributed by atoms with Crippen LogP contribution in [0.15, 0.2) is 71.6 Å². The van der Waals surface area contributed by atoms with E-state index in [9.17, 15) is 14.4 Å². The fourth-order valence-corrected chi connectivity index (χ4v) is 4.36. The van der Waals surface area contributed by atoms with E-state index in [4.69, 9.17) is 21.1 Å². The number of aryl methyl sites for hydroxylation is 1. The molecule has 0 N–H and O–H groups in total. The van der Waals surface area contributed by atoms with E-state index in [1.54, 1.807) is 54.6 Å². The van der Waals surface area contributed by atoms with Gasteiger partial charge in [-0.2, -0.15) is 0 Å². The first-order valence-electron chi connectivity index (χ1n) is 10.3. The van der Waals surface area contributed by atoms with Crippen LogP contribution in [0.5, 0.6) is 11.5 Å². The Morgan fingerprint density at radius 1 is 1.03 bits per heavy atom. The Balaban J connectivity index is 1.63. The van der Waals surface area contributed by atoms with Gasteiger partial charge in [0.1, 0.15) is 0 Å². The van der Waals surface area contributed by atoms with Crippen LogP contribution in [-0.2, 0) is 11.3 Å². The molecule has 2 amide bonds. The highest BCUT2D eigenvalue weighted by Crippen LogP contribution is 2.38. The number of benzene rings is 3. The number of nitrogens with zero attached hydrogens (tertiary/aromatic N) is 1. The van der Waals surface area contributed by atoms with Crippen molar-refractivity contribution in [3.63, 3.8) is 0 Å². The molecule has 0 aromatic heterocycles. The van der Waals surface area contributed by atoms with Gasteiger partial charge in [0.25, 0.3) is 11.1 Å². The zero-order valence-electron chi connectivity index (χ0n) is 18.4. The molecule has 0 atom stereocenters. The molecule has 8 heteroatoms. The number of carbonyl (C=O) groups excluding carboxylic acids is 3. The van der Waals surface area contributed by atoms with Gasteiger partial charge in [0.15, 0.2) is 11.5 Å². The summed E-state index contributed by atoms with van der Waals surface area (Å²) in [4.78, 5) is 39.7. The normalized spacial score (nSPS) is 14.6. The Morgan fingerprint density at radius 3 is 2.47 bits per heavy atom. The summed E-state index contributed by atoms with van der Waals surface area (Å²) in [6.07, 6.45) is 1.53. The minimum absolute atomic E-state index is 0.0645. The van der Waals surface area contributed by atoms with Crippen LogP contribution in [-0.4, -0.2) is 29.1 Å². The number of halogens is 1. The first kappa shape index (κ1) is 23.6. The standard InChI is InChI=1S/C26H20ClNO5S/c1-16-10-12-17(13-11-16)25(30)33-23-18(7-5-9-21(23)32-2)14-22-24(29)28(26(31)34-22)15-19-6-3-4-8-20(19)27/h3-14H,15H2,1-2H3/b22-14-. The highest BCUT2D eigenvalue weighted by Gasteiger charge is 2.35. The lowest BCUT2D eigenvalue weighted by Crippen LogP contribution is -2.27. The van der Waals surface area contributed by atoms with E-state index < -0.39 is 17.1 Å². The summed E-state index contributed by atoms with van der Waals surface area (Å²) >= 11 is 7.01. The highest BCUT2D eigenvalue weighted by molar-refractivity contribution is 8.18. The lowest BCUT2D eigenvalue weighted by atomic mass is 10.1. The van der Waals surface area contributed by atoms with Gasteiger partial charge in [-0.25, -0.2) is 4.79 Å². The Kier molecular flexibility index (Phi) is 7.05. The molecule has 0 saturated carbocycles. The average Bonchev–Trinajstić information content (AvgIpc) is 3.09. The number of amides is 2. The molecule has 0 aliphatic carbocycles. The average molecular weight is 494 g/mol. The van der Waals surface area contributed by atoms with Gasteiger partial charge in [0, 0.05) is 10.6 Å². The van der Waals surface area contributed by atoms with E-state index >= 15 is 0 Å². The van der Waals surface area contributed by atoms with Gasteiger partial charge in [-0.05, 0) is 54.6 Å². The fourth-order valence-electron chi connectivity index (χ4n) is 3.33. The molecule has 6 nitrogen and oxygen atoms in total. The summed E-state index contributed by atoms with van der Waals surface area (Å²) in [5.74, 6) is -0.530. The van der Waals surface area contributed by atoms with Gasteiger partial charge >= 0.3 is 5.97 Å². The van der Waals surface area contributed by atoms with Gasteiger partial charge in [0.2, 0.25) is 0 Å². The minimum Gasteiger partial charge on any atom is -0.493 e. The summed E-state index contributed by atoms with van der Waals surface area (Å²) in [7, 11) is 1.46. The van der Waals surface area contributed by atoms with Crippen molar-refractivity contribution in [2.24, 2.45) is 0 Å². The highest BCUT2D eigenvalue weighted by atomic mass is 35.5. The number of esters is 1. The maximum Gasteiger partial charge on any atom is 0.343 e. The molecule has 1 fully saturated rings. The second kappa shape index (κ2) is 10.2. The minimum atomic E-state index is -0.564. The molecule has 0 unspecified atom stereocenters. The molecule has 172 valence electrons. The van der Waals surface area contributed by atoms with Crippen molar-refractivity contribution in [3.8, 4) is 11.5 Å². The van der Waals surface area contributed by atoms with Crippen LogP contribution in [0.1, 0.15) is 27.0 Å². The molecule has 1 heterocycles. The van der Waals surface area contributed by atoms with Crippen LogP contribution in [0.3, 0.4) is 0 Å². The summed E-state index contributed by atoms with van der Waals surface area (Å²) < 4.78 is 11.0. The second-order valence-electron chi connectivity index (χ2n) is 7.49. The van der Waals surface area contributed by atoms with Crippen LogP contribution in [0, 0.1) is 6.92 Å². The van der Waals surface area contributed by atoms with Crippen molar-refractivity contribution in [1.29, 1.82) is 0 Å². The third-order valence-corrected chi connectivity index (χ3v) is 6.43. The van der Waals surface area contributed by atoms with Crippen molar-refractivity contribution in [2.45, 2.75) is 13.5 Å². The van der Waals surface area contributed by atoms with Crippen molar-refractivity contribution >= 4 is 46.6 Å². The Morgan fingerprint density at radius 2 is 1.76 bits per heavy atom. The number of ether oxygens (including phenoxy) is 2. The molecular weight excluding hydrogens is 474 g/mol. The molecule has 1 saturated heterocycles. The number of carbonyl (C=O) groups is 3. The largest absolute Gasteiger partial charge is 0.493 e. The molecule has 4 rings (SSSR count). The van der Waals surface area contributed by atoms with Crippen LogP contribution in [0.25, 0.3) is 6.08 Å². The molecule has 0 radical (unpaired) electrons. The van der Waals surface area contributed by atoms with E-state index in [2.05, 4.69) is 0 Å². The maximum atomic E-state index is 13.0. The molecule has 1 aliphatic heterocycles. The topological polar surface area (TPSA) is 72.9 Å². The van der Waals surface area contributed by atoms with E-state index in [-0.39, 0.29) is 17.2 Å². The van der Waals surface area contributed by atoms with Crippen molar-refractivity contribution in [1.82, 2.24) is 4.90 Å². The number of imide groups is 1. The van der Waals surface area contributed by atoms with Crippen LogP contribution >= 0.6 is 23.4 Å². The Labute approximate surface area is 206 Å². The molecule has 0 bridgehead atoms. The maximum absolute atomic E-state index is 13.0. The number of para-hydroxylation sites is 1. The quantitative estimate of drug-likeness (QED) is 0.234. The summed E-state index contributed by atoms with van der Waals surface area (Å²) in [6.45, 7) is 1.99. The molecule has 34 heavy (non-hydrogen) atoms. The number of thioether (sulfide) groups is 1. The van der Waals surface area contributed by atoms with Crippen molar-refractivity contribution < 1.29 is 23.9 Å². The van der Waals surface area contributed by atoms with Gasteiger partial charge in [-0.1, -0.05) is 59.6 Å². The number of hydrogen-bond acceptors (Lipinski definition) is 6. The van der Waals surface area contributed by atoms with Crippen LogP contribution < -0.4 is 9.47 Å². The zero-order chi connectivity index (χ0) is 24.2. The molecule has 1 aliphatic rings. The van der Waals surface area contributed by atoms with Crippen molar-refractivity contribution in [3.05, 3.63) is 98.9 Å². The third kappa shape index (κ3) is 5.00. The monoisotopic (exact) mass is 493 g/mol. The molecule has 3 aromatic carbocycles. The van der Waals surface area contributed by atoms with Gasteiger partial charge in [-0.15, -0.1) is 0 Å². The number of rotatable bonds is 6. The summed E-state index contributed by atoms with van der Waals surface area (Å²) in [6, 6.07) is 19.1. The molecule has 3 aromatic rings. The Bertz CT molecular complexity index is 1300. The van der Waals surface area contributed by atoms with E-state index in [1.165, 1.54) is 13.2 Å². The lowest BCUT2D eigenvalue weighted by Gasteiger charge is -2.14. The first-order valence-corrected chi connectivity index (χ1v) is 11.5. The summed E-state index contributed by atoms with van der Waals surface area (Å²) in [5, 5.41) is 0.0703.